The molecular formula is C22H27NO5. The SMILES string of the molecule is CCN(Cc1cccc2c1OCCO2)C(=O)CCCOc1ccc(OC)cc1. The van der Waals surface area contributed by atoms with Crippen molar-refractivity contribution in [3.63, 3.8) is 0 Å². The maximum absolute atomic E-state index is 12.6. The van der Waals surface area contributed by atoms with Gasteiger partial charge in [-0.05, 0) is 43.7 Å². The highest BCUT2D eigenvalue weighted by molar-refractivity contribution is 5.76. The van der Waals surface area contributed by atoms with Crippen molar-refractivity contribution < 1.29 is 23.7 Å². The zero-order chi connectivity index (χ0) is 19.8. The van der Waals surface area contributed by atoms with Crippen molar-refractivity contribution in [1.29, 1.82) is 0 Å². The van der Waals surface area contributed by atoms with E-state index in [4.69, 9.17) is 18.9 Å². The molecule has 28 heavy (non-hydrogen) atoms. The van der Waals surface area contributed by atoms with Gasteiger partial charge in [0.2, 0.25) is 5.91 Å². The van der Waals surface area contributed by atoms with Gasteiger partial charge in [-0.15, -0.1) is 0 Å². The molecular weight excluding hydrogens is 358 g/mol. The molecule has 6 heteroatoms. The summed E-state index contributed by atoms with van der Waals surface area (Å²) in [6, 6.07) is 13.2. The first-order chi connectivity index (χ1) is 13.7. The number of benzene rings is 2. The number of para-hydroxylation sites is 1. The Kier molecular flexibility index (Phi) is 7.00. The quantitative estimate of drug-likeness (QED) is 0.617. The summed E-state index contributed by atoms with van der Waals surface area (Å²) in [6.07, 6.45) is 1.10. The van der Waals surface area contributed by atoms with Crippen LogP contribution in [-0.4, -0.2) is 44.3 Å². The Morgan fingerprint density at radius 2 is 1.82 bits per heavy atom. The van der Waals surface area contributed by atoms with E-state index in [0.717, 1.165) is 28.6 Å². The van der Waals surface area contributed by atoms with E-state index in [2.05, 4.69) is 0 Å². The van der Waals surface area contributed by atoms with Crippen LogP contribution in [0.3, 0.4) is 0 Å². The Hall–Kier alpha value is -2.89. The number of methoxy groups -OCH3 is 1. The van der Waals surface area contributed by atoms with E-state index in [1.54, 1.807) is 7.11 Å². The van der Waals surface area contributed by atoms with Gasteiger partial charge in [-0.3, -0.25) is 4.79 Å². The van der Waals surface area contributed by atoms with Gasteiger partial charge in [0.1, 0.15) is 24.7 Å². The van der Waals surface area contributed by atoms with Crippen molar-refractivity contribution in [3.05, 3.63) is 48.0 Å². The topological polar surface area (TPSA) is 57.2 Å². The average Bonchev–Trinajstić information content (AvgIpc) is 2.75. The number of carbonyl (C=O) groups is 1. The molecule has 1 aliphatic heterocycles. The predicted octanol–water partition coefficient (Wildman–Crippen LogP) is 3.67. The van der Waals surface area contributed by atoms with E-state index in [9.17, 15) is 4.79 Å². The first kappa shape index (κ1) is 19.9. The summed E-state index contributed by atoms with van der Waals surface area (Å²) in [5, 5.41) is 0. The molecule has 0 aromatic heterocycles. The van der Waals surface area contributed by atoms with Crippen molar-refractivity contribution in [2.24, 2.45) is 0 Å². The van der Waals surface area contributed by atoms with Crippen LogP contribution >= 0.6 is 0 Å². The van der Waals surface area contributed by atoms with E-state index in [1.165, 1.54) is 0 Å². The Morgan fingerprint density at radius 3 is 2.57 bits per heavy atom. The molecule has 0 bridgehead atoms. The van der Waals surface area contributed by atoms with Crippen LogP contribution < -0.4 is 18.9 Å². The fourth-order valence-corrected chi connectivity index (χ4v) is 3.08. The third kappa shape index (κ3) is 5.09. The third-order valence-corrected chi connectivity index (χ3v) is 4.61. The number of amides is 1. The second-order valence-electron chi connectivity index (χ2n) is 6.48. The lowest BCUT2D eigenvalue weighted by Crippen LogP contribution is -2.31. The fraction of sp³-hybridized carbons (Fsp3) is 0.409. The largest absolute Gasteiger partial charge is 0.497 e. The third-order valence-electron chi connectivity index (χ3n) is 4.61. The lowest BCUT2D eigenvalue weighted by Gasteiger charge is -2.25. The number of ether oxygens (including phenoxy) is 4. The smallest absolute Gasteiger partial charge is 0.222 e. The standard InChI is InChI=1S/C22H27NO5/c1-3-23(16-17-6-4-7-20-22(17)28-15-14-27-20)21(24)8-5-13-26-19-11-9-18(25-2)10-12-19/h4,6-7,9-12H,3,5,8,13-16H2,1-2H3. The van der Waals surface area contributed by atoms with Crippen LogP contribution in [0.1, 0.15) is 25.3 Å². The van der Waals surface area contributed by atoms with Crippen molar-refractivity contribution in [2.75, 3.05) is 33.5 Å². The van der Waals surface area contributed by atoms with Crippen LogP contribution in [0.15, 0.2) is 42.5 Å². The summed E-state index contributed by atoms with van der Waals surface area (Å²) in [5.41, 5.74) is 0.974. The first-order valence-electron chi connectivity index (χ1n) is 9.63. The molecule has 0 N–H and O–H groups in total. The van der Waals surface area contributed by atoms with Gasteiger partial charge < -0.3 is 23.8 Å². The average molecular weight is 385 g/mol. The molecule has 1 aliphatic rings. The Labute approximate surface area is 166 Å². The Bertz CT molecular complexity index is 775. The van der Waals surface area contributed by atoms with Crippen LogP contribution in [0, 0.1) is 0 Å². The van der Waals surface area contributed by atoms with Crippen LogP contribution in [0.25, 0.3) is 0 Å². The number of nitrogens with zero attached hydrogens (tertiary/aromatic N) is 1. The van der Waals surface area contributed by atoms with E-state index in [0.29, 0.717) is 45.8 Å². The molecule has 0 spiro atoms. The van der Waals surface area contributed by atoms with Gasteiger partial charge in [0.25, 0.3) is 0 Å². The monoisotopic (exact) mass is 385 g/mol. The van der Waals surface area contributed by atoms with E-state index < -0.39 is 0 Å². The normalized spacial score (nSPS) is 12.4. The summed E-state index contributed by atoms with van der Waals surface area (Å²) >= 11 is 0. The second kappa shape index (κ2) is 9.88. The first-order valence-corrected chi connectivity index (χ1v) is 9.63. The molecule has 0 radical (unpaired) electrons. The van der Waals surface area contributed by atoms with Crippen molar-refractivity contribution in [1.82, 2.24) is 4.90 Å². The number of hydrogen-bond donors (Lipinski definition) is 0. The lowest BCUT2D eigenvalue weighted by molar-refractivity contribution is -0.131. The van der Waals surface area contributed by atoms with E-state index in [1.807, 2.05) is 54.3 Å². The number of hydrogen-bond acceptors (Lipinski definition) is 5. The maximum Gasteiger partial charge on any atom is 0.222 e. The maximum atomic E-state index is 12.6. The van der Waals surface area contributed by atoms with Gasteiger partial charge in [-0.25, -0.2) is 0 Å². The second-order valence-corrected chi connectivity index (χ2v) is 6.48. The van der Waals surface area contributed by atoms with Crippen LogP contribution in [0.2, 0.25) is 0 Å². The summed E-state index contributed by atoms with van der Waals surface area (Å²) in [4.78, 5) is 14.5. The number of carbonyl (C=O) groups excluding carboxylic acids is 1. The van der Waals surface area contributed by atoms with Gasteiger partial charge >= 0.3 is 0 Å². The minimum absolute atomic E-state index is 0.107. The van der Waals surface area contributed by atoms with Gasteiger partial charge in [0.15, 0.2) is 11.5 Å². The molecule has 1 amide bonds. The summed E-state index contributed by atoms with van der Waals surface area (Å²) < 4.78 is 22.2. The Balaban J connectivity index is 1.48. The Morgan fingerprint density at radius 1 is 1.07 bits per heavy atom. The number of rotatable bonds is 9. The number of fused-ring (bicyclic) bond motifs is 1. The fourth-order valence-electron chi connectivity index (χ4n) is 3.08. The molecule has 0 saturated heterocycles. The van der Waals surface area contributed by atoms with Gasteiger partial charge in [0.05, 0.1) is 13.7 Å². The zero-order valence-corrected chi connectivity index (χ0v) is 16.5. The molecule has 2 aromatic carbocycles. The molecule has 0 saturated carbocycles. The van der Waals surface area contributed by atoms with Gasteiger partial charge in [0, 0.05) is 25.1 Å². The molecule has 3 rings (SSSR count). The highest BCUT2D eigenvalue weighted by Gasteiger charge is 2.19. The van der Waals surface area contributed by atoms with E-state index >= 15 is 0 Å². The van der Waals surface area contributed by atoms with E-state index in [-0.39, 0.29) is 5.91 Å². The summed E-state index contributed by atoms with van der Waals surface area (Å²) in [5.74, 6) is 3.17. The molecule has 0 aliphatic carbocycles. The molecule has 6 nitrogen and oxygen atoms in total. The minimum Gasteiger partial charge on any atom is -0.497 e. The molecule has 0 fully saturated rings. The van der Waals surface area contributed by atoms with Crippen molar-refractivity contribution in [2.45, 2.75) is 26.3 Å². The van der Waals surface area contributed by atoms with Gasteiger partial charge in [-0.2, -0.15) is 0 Å². The zero-order valence-electron chi connectivity index (χ0n) is 16.5. The highest BCUT2D eigenvalue weighted by atomic mass is 16.6. The molecule has 0 atom stereocenters. The molecule has 150 valence electrons. The summed E-state index contributed by atoms with van der Waals surface area (Å²) in [7, 11) is 1.63. The predicted molar refractivity (Wildman–Crippen MR) is 106 cm³/mol. The molecule has 0 unspecified atom stereocenters. The van der Waals surface area contributed by atoms with Crippen LogP contribution in [-0.2, 0) is 11.3 Å². The minimum atomic E-state index is 0.107. The van der Waals surface area contributed by atoms with Crippen LogP contribution in [0.5, 0.6) is 23.0 Å². The molecule has 1 heterocycles. The van der Waals surface area contributed by atoms with Crippen molar-refractivity contribution >= 4 is 5.91 Å². The molecule has 2 aromatic rings. The lowest BCUT2D eigenvalue weighted by atomic mass is 10.1. The van der Waals surface area contributed by atoms with Gasteiger partial charge in [-0.1, -0.05) is 12.1 Å². The summed E-state index contributed by atoms with van der Waals surface area (Å²) in [6.45, 7) is 4.73. The van der Waals surface area contributed by atoms with Crippen LogP contribution in [0.4, 0.5) is 0 Å². The van der Waals surface area contributed by atoms with Crippen molar-refractivity contribution in [3.8, 4) is 23.0 Å². The highest BCUT2D eigenvalue weighted by Crippen LogP contribution is 2.34.